The minimum Gasteiger partial charge on any atom is -0.326 e. The summed E-state index contributed by atoms with van der Waals surface area (Å²) in [5.41, 5.74) is 3.83. The fraction of sp³-hybridized carbons (Fsp3) is 0.250. The van der Waals surface area contributed by atoms with E-state index >= 15 is 0 Å². The van der Waals surface area contributed by atoms with Crippen molar-refractivity contribution in [1.29, 1.82) is 5.26 Å². The average Bonchev–Trinajstić information content (AvgIpc) is 2.59. The zero-order chi connectivity index (χ0) is 18.4. The Morgan fingerprint density at radius 3 is 2.52 bits per heavy atom. The van der Waals surface area contributed by atoms with Crippen molar-refractivity contribution in [1.82, 2.24) is 0 Å². The average molecular weight is 335 g/mol. The first kappa shape index (κ1) is 18.2. The lowest BCUT2D eigenvalue weighted by Crippen LogP contribution is -2.32. The fourth-order valence-electron chi connectivity index (χ4n) is 2.56. The van der Waals surface area contributed by atoms with Gasteiger partial charge in [0.1, 0.15) is 6.07 Å². The van der Waals surface area contributed by atoms with Crippen LogP contribution in [0.15, 0.2) is 42.5 Å². The van der Waals surface area contributed by atoms with Gasteiger partial charge >= 0.3 is 0 Å². The highest BCUT2D eigenvalue weighted by Gasteiger charge is 2.16. The van der Waals surface area contributed by atoms with E-state index in [9.17, 15) is 14.9 Å². The highest BCUT2D eigenvalue weighted by molar-refractivity contribution is 5.96. The van der Waals surface area contributed by atoms with Crippen molar-refractivity contribution in [3.63, 3.8) is 0 Å². The molecular weight excluding hydrogens is 314 g/mol. The van der Waals surface area contributed by atoms with E-state index in [-0.39, 0.29) is 24.8 Å². The molecule has 2 rings (SSSR count). The summed E-state index contributed by atoms with van der Waals surface area (Å²) in [6.07, 6.45) is 0.146. The van der Waals surface area contributed by atoms with Gasteiger partial charge in [0.25, 0.3) is 0 Å². The standard InChI is InChI=1S/C20H21N3O2/c1-14-7-6-9-18(15(14)2)22-20(25)11-12-23(16(3)24)19-10-5-4-8-17(19)13-21/h4-10H,11-12H2,1-3H3,(H,22,25). The van der Waals surface area contributed by atoms with Crippen molar-refractivity contribution in [2.75, 3.05) is 16.8 Å². The number of carbonyl (C=O) groups is 2. The molecule has 0 saturated heterocycles. The molecule has 0 aliphatic carbocycles. The largest absolute Gasteiger partial charge is 0.326 e. The van der Waals surface area contributed by atoms with Gasteiger partial charge in [-0.25, -0.2) is 0 Å². The zero-order valence-electron chi connectivity index (χ0n) is 14.7. The number of amides is 2. The van der Waals surface area contributed by atoms with Crippen LogP contribution in [0.4, 0.5) is 11.4 Å². The summed E-state index contributed by atoms with van der Waals surface area (Å²) >= 11 is 0. The molecule has 0 saturated carbocycles. The van der Waals surface area contributed by atoms with Crippen molar-refractivity contribution in [2.24, 2.45) is 0 Å². The van der Waals surface area contributed by atoms with E-state index in [0.29, 0.717) is 11.3 Å². The number of benzene rings is 2. The zero-order valence-corrected chi connectivity index (χ0v) is 14.7. The first-order valence-electron chi connectivity index (χ1n) is 8.07. The number of aryl methyl sites for hydroxylation is 1. The molecule has 2 aromatic carbocycles. The molecule has 5 heteroatoms. The first-order chi connectivity index (χ1) is 11.9. The van der Waals surface area contributed by atoms with E-state index in [1.165, 1.54) is 11.8 Å². The SMILES string of the molecule is CC(=O)N(CCC(=O)Nc1cccc(C)c1C)c1ccccc1C#N. The number of carbonyl (C=O) groups excluding carboxylic acids is 2. The van der Waals surface area contributed by atoms with E-state index in [1.54, 1.807) is 24.3 Å². The molecule has 0 spiro atoms. The quantitative estimate of drug-likeness (QED) is 0.908. The van der Waals surface area contributed by atoms with Crippen LogP contribution in [0.1, 0.15) is 30.0 Å². The number of anilines is 2. The molecule has 2 aromatic rings. The van der Waals surface area contributed by atoms with Crippen molar-refractivity contribution < 1.29 is 9.59 Å². The Bertz CT molecular complexity index is 837. The Labute approximate surface area is 147 Å². The van der Waals surface area contributed by atoms with Gasteiger partial charge in [0.05, 0.1) is 11.3 Å². The van der Waals surface area contributed by atoms with Crippen LogP contribution in [0.2, 0.25) is 0 Å². The van der Waals surface area contributed by atoms with Crippen molar-refractivity contribution in [3.05, 3.63) is 59.2 Å². The van der Waals surface area contributed by atoms with Gasteiger partial charge in [-0.2, -0.15) is 5.26 Å². The monoisotopic (exact) mass is 335 g/mol. The van der Waals surface area contributed by atoms with Gasteiger partial charge in [0, 0.05) is 25.6 Å². The molecule has 0 atom stereocenters. The Balaban J connectivity index is 2.09. The third-order valence-corrected chi connectivity index (χ3v) is 4.14. The molecule has 0 unspecified atom stereocenters. The van der Waals surface area contributed by atoms with Crippen LogP contribution in [0.3, 0.4) is 0 Å². The molecule has 0 aliphatic rings. The summed E-state index contributed by atoms with van der Waals surface area (Å²) in [6.45, 7) is 5.58. The molecule has 5 nitrogen and oxygen atoms in total. The third-order valence-electron chi connectivity index (χ3n) is 4.14. The topological polar surface area (TPSA) is 73.2 Å². The van der Waals surface area contributed by atoms with Gasteiger partial charge in [-0.05, 0) is 43.2 Å². The summed E-state index contributed by atoms with van der Waals surface area (Å²) in [5.74, 6) is -0.378. The van der Waals surface area contributed by atoms with E-state index in [2.05, 4.69) is 11.4 Å². The van der Waals surface area contributed by atoms with Gasteiger partial charge < -0.3 is 10.2 Å². The number of nitrogens with zero attached hydrogens (tertiary/aromatic N) is 2. The number of nitrogens with one attached hydrogen (secondary N) is 1. The van der Waals surface area contributed by atoms with Gasteiger partial charge in [-0.15, -0.1) is 0 Å². The second kappa shape index (κ2) is 8.11. The second-order valence-electron chi connectivity index (χ2n) is 5.85. The lowest BCUT2D eigenvalue weighted by molar-refractivity contribution is -0.117. The molecule has 0 bridgehead atoms. The number of hydrogen-bond acceptors (Lipinski definition) is 3. The van der Waals surface area contributed by atoms with Crippen LogP contribution in [0.25, 0.3) is 0 Å². The van der Waals surface area contributed by atoms with Crippen molar-refractivity contribution in [2.45, 2.75) is 27.2 Å². The smallest absolute Gasteiger partial charge is 0.226 e. The van der Waals surface area contributed by atoms with Crippen LogP contribution < -0.4 is 10.2 Å². The summed E-state index contributed by atoms with van der Waals surface area (Å²) in [5, 5.41) is 12.1. The molecule has 0 heterocycles. The second-order valence-corrected chi connectivity index (χ2v) is 5.85. The first-order valence-corrected chi connectivity index (χ1v) is 8.07. The predicted octanol–water partition coefficient (Wildman–Crippen LogP) is 3.56. The van der Waals surface area contributed by atoms with E-state index in [4.69, 9.17) is 0 Å². The fourth-order valence-corrected chi connectivity index (χ4v) is 2.56. The molecule has 2 amide bonds. The van der Waals surface area contributed by atoms with Crippen LogP contribution >= 0.6 is 0 Å². The minimum absolute atomic E-state index is 0.146. The predicted molar refractivity (Wildman–Crippen MR) is 98.3 cm³/mol. The van der Waals surface area contributed by atoms with Gasteiger partial charge in [0.2, 0.25) is 11.8 Å². The molecule has 0 radical (unpaired) electrons. The van der Waals surface area contributed by atoms with Crippen molar-refractivity contribution in [3.8, 4) is 6.07 Å². The van der Waals surface area contributed by atoms with Crippen LogP contribution in [-0.4, -0.2) is 18.4 Å². The highest BCUT2D eigenvalue weighted by atomic mass is 16.2. The highest BCUT2D eigenvalue weighted by Crippen LogP contribution is 2.21. The number of hydrogen-bond donors (Lipinski definition) is 1. The Morgan fingerprint density at radius 2 is 1.84 bits per heavy atom. The van der Waals surface area contributed by atoms with Crippen LogP contribution in [0, 0.1) is 25.2 Å². The van der Waals surface area contributed by atoms with Gasteiger partial charge in [0.15, 0.2) is 0 Å². The molecule has 0 aromatic heterocycles. The molecule has 128 valence electrons. The Hall–Kier alpha value is -3.13. The number of nitriles is 1. The Morgan fingerprint density at radius 1 is 1.12 bits per heavy atom. The summed E-state index contributed by atoms with van der Waals surface area (Å²) < 4.78 is 0. The number of rotatable bonds is 5. The molecule has 25 heavy (non-hydrogen) atoms. The van der Waals surface area contributed by atoms with Gasteiger partial charge in [-0.3, -0.25) is 9.59 Å². The van der Waals surface area contributed by atoms with E-state index in [0.717, 1.165) is 16.8 Å². The maximum absolute atomic E-state index is 12.3. The Kier molecular flexibility index (Phi) is 5.91. The maximum atomic E-state index is 12.3. The normalized spacial score (nSPS) is 10.0. The minimum atomic E-state index is -0.206. The summed E-state index contributed by atoms with van der Waals surface area (Å²) in [6, 6.07) is 14.7. The van der Waals surface area contributed by atoms with E-state index in [1.807, 2.05) is 32.0 Å². The number of para-hydroxylation sites is 1. The lowest BCUT2D eigenvalue weighted by atomic mass is 10.1. The third kappa shape index (κ3) is 4.45. The van der Waals surface area contributed by atoms with Gasteiger partial charge in [-0.1, -0.05) is 24.3 Å². The summed E-state index contributed by atoms with van der Waals surface area (Å²) in [4.78, 5) is 25.7. The van der Waals surface area contributed by atoms with E-state index < -0.39 is 0 Å². The van der Waals surface area contributed by atoms with Crippen molar-refractivity contribution >= 4 is 23.2 Å². The lowest BCUT2D eigenvalue weighted by Gasteiger charge is -2.22. The molecule has 1 N–H and O–H groups in total. The molecule has 0 fully saturated rings. The molecule has 0 aliphatic heterocycles. The van der Waals surface area contributed by atoms with Crippen LogP contribution in [0.5, 0.6) is 0 Å². The van der Waals surface area contributed by atoms with Crippen LogP contribution in [-0.2, 0) is 9.59 Å². The maximum Gasteiger partial charge on any atom is 0.226 e. The summed E-state index contributed by atoms with van der Waals surface area (Å²) in [7, 11) is 0. The molecular formula is C20H21N3O2.